The van der Waals surface area contributed by atoms with Gasteiger partial charge in [-0.2, -0.15) is 5.10 Å². The summed E-state index contributed by atoms with van der Waals surface area (Å²) in [5.74, 6) is 0.806. The van der Waals surface area contributed by atoms with Crippen LogP contribution < -0.4 is 5.32 Å². The summed E-state index contributed by atoms with van der Waals surface area (Å²) in [5, 5.41) is 9.20. The highest BCUT2D eigenvalue weighted by Crippen LogP contribution is 2.28. The molecule has 0 aliphatic rings. The van der Waals surface area contributed by atoms with Crippen LogP contribution in [-0.4, -0.2) is 20.7 Å². The Morgan fingerprint density at radius 3 is 2.68 bits per heavy atom. The highest BCUT2D eigenvalue weighted by atomic mass is 32.2. The maximum atomic E-state index is 12.7. The van der Waals surface area contributed by atoms with Crippen LogP contribution in [0.4, 0.5) is 0 Å². The second kappa shape index (κ2) is 8.86. The summed E-state index contributed by atoms with van der Waals surface area (Å²) in [6.07, 6.45) is 3.16. The van der Waals surface area contributed by atoms with E-state index in [4.69, 9.17) is 0 Å². The number of hydrogen-bond acceptors (Lipinski definition) is 5. The maximum Gasteiger partial charge on any atom is 0.252 e. The molecule has 1 amide bonds. The Morgan fingerprint density at radius 2 is 1.93 bits per heavy atom. The maximum absolute atomic E-state index is 12.7. The molecule has 0 bridgehead atoms. The lowest BCUT2D eigenvalue weighted by atomic mass is 10.2. The lowest BCUT2D eigenvalue weighted by Gasteiger charge is -2.10. The molecule has 140 valence electrons. The minimum atomic E-state index is -0.0605. The minimum Gasteiger partial charge on any atom is -0.348 e. The number of amides is 1. The second-order valence-corrected chi connectivity index (χ2v) is 8.10. The largest absolute Gasteiger partial charge is 0.348 e. The van der Waals surface area contributed by atoms with E-state index in [2.05, 4.69) is 26.8 Å². The number of nitrogens with one attached hydrogen (secondary N) is 1. The van der Waals surface area contributed by atoms with Crippen molar-refractivity contribution in [3.8, 4) is 5.69 Å². The third-order valence-corrected chi connectivity index (χ3v) is 6.34. The zero-order valence-electron chi connectivity index (χ0n) is 15.0. The SMILES string of the molecule is O=C(NCc1ccc(-n2cncn2)cc1)c1ccccc1SCc1cccs1. The Labute approximate surface area is 171 Å². The molecule has 0 unspecified atom stereocenters. The number of carbonyl (C=O) groups excluding carboxylic acids is 1. The first-order valence-corrected chi connectivity index (χ1v) is 10.6. The first-order valence-electron chi connectivity index (χ1n) is 8.76. The van der Waals surface area contributed by atoms with Gasteiger partial charge in [0.1, 0.15) is 12.7 Å². The highest BCUT2D eigenvalue weighted by Gasteiger charge is 2.11. The molecule has 5 nitrogen and oxygen atoms in total. The molecule has 2 heterocycles. The Hall–Kier alpha value is -2.90. The van der Waals surface area contributed by atoms with E-state index in [-0.39, 0.29) is 5.91 Å². The van der Waals surface area contributed by atoms with Crippen LogP contribution in [0.15, 0.2) is 83.6 Å². The summed E-state index contributed by atoms with van der Waals surface area (Å²) < 4.78 is 1.70. The third-order valence-electron chi connectivity index (χ3n) is 4.15. The van der Waals surface area contributed by atoms with Gasteiger partial charge in [-0.25, -0.2) is 9.67 Å². The van der Waals surface area contributed by atoms with Crippen LogP contribution in [0.3, 0.4) is 0 Å². The van der Waals surface area contributed by atoms with Crippen LogP contribution in [0.25, 0.3) is 5.69 Å². The van der Waals surface area contributed by atoms with E-state index in [1.54, 1.807) is 34.1 Å². The summed E-state index contributed by atoms with van der Waals surface area (Å²) in [5.41, 5.74) is 2.67. The molecule has 28 heavy (non-hydrogen) atoms. The van der Waals surface area contributed by atoms with Crippen molar-refractivity contribution in [3.63, 3.8) is 0 Å². The summed E-state index contributed by atoms with van der Waals surface area (Å²) in [6.45, 7) is 0.473. The van der Waals surface area contributed by atoms with Crippen molar-refractivity contribution in [2.45, 2.75) is 17.2 Å². The quantitative estimate of drug-likeness (QED) is 0.458. The molecule has 2 aromatic heterocycles. The van der Waals surface area contributed by atoms with E-state index in [1.165, 1.54) is 11.2 Å². The third kappa shape index (κ3) is 4.49. The van der Waals surface area contributed by atoms with Crippen molar-refractivity contribution in [1.82, 2.24) is 20.1 Å². The fourth-order valence-corrected chi connectivity index (χ4v) is 4.53. The van der Waals surface area contributed by atoms with Crippen LogP contribution >= 0.6 is 23.1 Å². The van der Waals surface area contributed by atoms with Crippen molar-refractivity contribution in [2.75, 3.05) is 0 Å². The molecule has 0 aliphatic heterocycles. The summed E-state index contributed by atoms with van der Waals surface area (Å²) in [4.78, 5) is 19.0. The number of aromatic nitrogens is 3. The van der Waals surface area contributed by atoms with Gasteiger partial charge in [-0.15, -0.1) is 23.1 Å². The Morgan fingerprint density at radius 1 is 1.07 bits per heavy atom. The topological polar surface area (TPSA) is 59.8 Å². The molecule has 0 saturated heterocycles. The van der Waals surface area contributed by atoms with E-state index in [9.17, 15) is 4.79 Å². The van der Waals surface area contributed by atoms with Gasteiger partial charge in [0.2, 0.25) is 0 Å². The molecular weight excluding hydrogens is 388 g/mol. The summed E-state index contributed by atoms with van der Waals surface area (Å²) in [7, 11) is 0. The summed E-state index contributed by atoms with van der Waals surface area (Å²) >= 11 is 3.42. The van der Waals surface area contributed by atoms with Gasteiger partial charge in [-0.1, -0.05) is 30.3 Å². The first kappa shape index (κ1) is 18.5. The molecule has 4 rings (SSSR count). The van der Waals surface area contributed by atoms with Crippen molar-refractivity contribution in [3.05, 3.63) is 94.7 Å². The second-order valence-electron chi connectivity index (χ2n) is 6.05. The van der Waals surface area contributed by atoms with Crippen molar-refractivity contribution in [1.29, 1.82) is 0 Å². The number of thiophene rings is 1. The van der Waals surface area contributed by atoms with Crippen LogP contribution in [-0.2, 0) is 12.3 Å². The van der Waals surface area contributed by atoms with Gasteiger partial charge in [-0.3, -0.25) is 4.79 Å². The smallest absolute Gasteiger partial charge is 0.252 e. The number of nitrogens with zero attached hydrogens (tertiary/aromatic N) is 3. The average Bonchev–Trinajstić information content (AvgIpc) is 3.45. The normalized spacial score (nSPS) is 10.7. The van der Waals surface area contributed by atoms with E-state index >= 15 is 0 Å². The first-order chi connectivity index (χ1) is 13.8. The van der Waals surface area contributed by atoms with Gasteiger partial charge in [0, 0.05) is 22.1 Å². The summed E-state index contributed by atoms with van der Waals surface area (Å²) in [6, 6.07) is 19.8. The molecule has 7 heteroatoms. The van der Waals surface area contributed by atoms with Gasteiger partial charge in [0.05, 0.1) is 11.3 Å². The van der Waals surface area contributed by atoms with Crippen LogP contribution in [0.2, 0.25) is 0 Å². The van der Waals surface area contributed by atoms with Gasteiger partial charge in [0.15, 0.2) is 0 Å². The van der Waals surface area contributed by atoms with Gasteiger partial charge >= 0.3 is 0 Å². The zero-order chi connectivity index (χ0) is 19.2. The van der Waals surface area contributed by atoms with Crippen molar-refractivity contribution < 1.29 is 4.79 Å². The minimum absolute atomic E-state index is 0.0605. The Balaban J connectivity index is 1.38. The fraction of sp³-hybridized carbons (Fsp3) is 0.0952. The fourth-order valence-electron chi connectivity index (χ4n) is 2.71. The van der Waals surface area contributed by atoms with Gasteiger partial charge in [0.25, 0.3) is 5.91 Å². The van der Waals surface area contributed by atoms with E-state index in [0.717, 1.165) is 21.9 Å². The Kier molecular flexibility index (Phi) is 5.84. The standard InChI is InChI=1S/C21H18N4OS2/c26-21(19-5-1-2-6-20(19)28-13-18-4-3-11-27-18)23-12-16-7-9-17(10-8-16)25-15-22-14-24-25/h1-11,14-15H,12-13H2,(H,23,26). The van der Waals surface area contributed by atoms with E-state index in [1.807, 2.05) is 54.6 Å². The number of hydrogen-bond donors (Lipinski definition) is 1. The van der Waals surface area contributed by atoms with Crippen molar-refractivity contribution in [2.24, 2.45) is 0 Å². The molecule has 0 radical (unpaired) electrons. The number of thioether (sulfide) groups is 1. The zero-order valence-corrected chi connectivity index (χ0v) is 16.6. The van der Waals surface area contributed by atoms with Crippen molar-refractivity contribution >= 4 is 29.0 Å². The molecule has 0 saturated carbocycles. The van der Waals surface area contributed by atoms with Crippen LogP contribution in [0, 0.1) is 0 Å². The molecule has 0 spiro atoms. The number of benzene rings is 2. The molecular formula is C21H18N4OS2. The lowest BCUT2D eigenvalue weighted by Crippen LogP contribution is -2.23. The predicted octanol–water partition coefficient (Wildman–Crippen LogP) is 4.55. The molecule has 0 atom stereocenters. The highest BCUT2D eigenvalue weighted by molar-refractivity contribution is 7.98. The van der Waals surface area contributed by atoms with Crippen LogP contribution in [0.5, 0.6) is 0 Å². The molecule has 1 N–H and O–H groups in total. The molecule has 0 aliphatic carbocycles. The Bertz CT molecular complexity index is 1030. The predicted molar refractivity (Wildman–Crippen MR) is 113 cm³/mol. The monoisotopic (exact) mass is 406 g/mol. The van der Waals surface area contributed by atoms with Crippen LogP contribution in [0.1, 0.15) is 20.8 Å². The molecule has 2 aromatic carbocycles. The molecule has 4 aromatic rings. The van der Waals surface area contributed by atoms with E-state index < -0.39 is 0 Å². The molecule has 0 fully saturated rings. The lowest BCUT2D eigenvalue weighted by molar-refractivity contribution is 0.0948. The average molecular weight is 407 g/mol. The number of carbonyl (C=O) groups is 1. The van der Waals surface area contributed by atoms with E-state index in [0.29, 0.717) is 12.1 Å². The van der Waals surface area contributed by atoms with Gasteiger partial charge < -0.3 is 5.32 Å². The number of rotatable bonds is 7. The van der Waals surface area contributed by atoms with Gasteiger partial charge in [-0.05, 0) is 41.3 Å².